The van der Waals surface area contributed by atoms with Gasteiger partial charge in [-0.3, -0.25) is 4.79 Å². The zero-order valence-electron chi connectivity index (χ0n) is 14.3. The lowest BCUT2D eigenvalue weighted by atomic mass is 9.99. The van der Waals surface area contributed by atoms with E-state index in [1.54, 1.807) is 6.92 Å². The van der Waals surface area contributed by atoms with Crippen molar-refractivity contribution in [2.45, 2.75) is 38.3 Å². The van der Waals surface area contributed by atoms with Crippen LogP contribution in [0.5, 0.6) is 0 Å². The molecule has 3 atom stereocenters. The monoisotopic (exact) mass is 345 g/mol. The van der Waals surface area contributed by atoms with Crippen molar-refractivity contribution in [2.75, 3.05) is 6.61 Å². The predicted molar refractivity (Wildman–Crippen MR) is 91.2 cm³/mol. The lowest BCUT2D eigenvalue weighted by Gasteiger charge is -2.23. The molecule has 0 aromatic heterocycles. The van der Waals surface area contributed by atoms with Crippen LogP contribution in [0.25, 0.3) is 0 Å². The van der Waals surface area contributed by atoms with E-state index in [1.807, 2.05) is 31.2 Å². The van der Waals surface area contributed by atoms with E-state index in [4.69, 9.17) is 4.74 Å². The van der Waals surface area contributed by atoms with Crippen LogP contribution in [0.4, 0.5) is 8.78 Å². The molecule has 1 N–H and O–H groups in total. The normalized spacial score (nSPS) is 20.2. The average molecular weight is 345 g/mol. The summed E-state index contributed by atoms with van der Waals surface area (Å²) in [7, 11) is 0. The van der Waals surface area contributed by atoms with Gasteiger partial charge >= 0.3 is 0 Å². The fourth-order valence-electron chi connectivity index (χ4n) is 3.37. The Hall–Kier alpha value is -2.27. The van der Waals surface area contributed by atoms with Gasteiger partial charge in [0.25, 0.3) is 0 Å². The van der Waals surface area contributed by atoms with E-state index in [0.29, 0.717) is 13.0 Å². The molecule has 0 heterocycles. The molecular formula is C20H21F2NO2. The van der Waals surface area contributed by atoms with Crippen molar-refractivity contribution < 1.29 is 18.3 Å². The smallest absolute Gasteiger partial charge is 0.227 e. The van der Waals surface area contributed by atoms with Crippen LogP contribution < -0.4 is 5.32 Å². The van der Waals surface area contributed by atoms with Gasteiger partial charge in [-0.2, -0.15) is 0 Å². The zero-order chi connectivity index (χ0) is 18.0. The molecule has 0 bridgehead atoms. The summed E-state index contributed by atoms with van der Waals surface area (Å²) in [5.74, 6) is -2.38. The molecule has 1 aliphatic rings. The molecule has 132 valence electrons. The number of ether oxygens (including phenoxy) is 1. The molecule has 1 amide bonds. The van der Waals surface area contributed by atoms with Crippen LogP contribution in [0.1, 0.15) is 42.6 Å². The van der Waals surface area contributed by atoms with Gasteiger partial charge in [0.1, 0.15) is 17.7 Å². The fraction of sp³-hybridized carbons (Fsp3) is 0.350. The minimum Gasteiger partial charge on any atom is -0.372 e. The van der Waals surface area contributed by atoms with Crippen molar-refractivity contribution in [2.24, 2.45) is 0 Å². The minimum atomic E-state index is -0.716. The predicted octanol–water partition coefficient (Wildman–Crippen LogP) is 3.89. The molecule has 25 heavy (non-hydrogen) atoms. The summed E-state index contributed by atoms with van der Waals surface area (Å²) in [5, 5.41) is 2.98. The highest BCUT2D eigenvalue weighted by molar-refractivity contribution is 5.83. The van der Waals surface area contributed by atoms with Gasteiger partial charge in [0.05, 0.1) is 12.0 Å². The Morgan fingerprint density at radius 1 is 1.28 bits per heavy atom. The number of rotatable bonds is 5. The first-order valence-corrected chi connectivity index (χ1v) is 8.46. The van der Waals surface area contributed by atoms with Crippen LogP contribution in [0.2, 0.25) is 0 Å². The summed E-state index contributed by atoms with van der Waals surface area (Å²) in [6.07, 6.45) is 0.459. The summed E-state index contributed by atoms with van der Waals surface area (Å²) in [5.41, 5.74) is 2.41. The van der Waals surface area contributed by atoms with E-state index in [2.05, 4.69) is 5.32 Å². The fourth-order valence-corrected chi connectivity index (χ4v) is 3.37. The maximum Gasteiger partial charge on any atom is 0.227 e. The van der Waals surface area contributed by atoms with Gasteiger partial charge < -0.3 is 10.1 Å². The molecule has 0 fully saturated rings. The van der Waals surface area contributed by atoms with Crippen LogP contribution in [0, 0.1) is 11.6 Å². The Bertz CT molecular complexity index is 778. The number of fused-ring (bicyclic) bond motifs is 1. The SMILES string of the molecule is CCO[C@@H]1c2ccccc2C[C@H]1NC(=O)C(C)c1ccc(F)cc1F. The van der Waals surface area contributed by atoms with Crippen LogP contribution >= 0.6 is 0 Å². The summed E-state index contributed by atoms with van der Waals surface area (Å²) in [6, 6.07) is 11.0. The second kappa shape index (κ2) is 7.31. The first-order valence-electron chi connectivity index (χ1n) is 8.46. The molecule has 1 aliphatic carbocycles. The van der Waals surface area contributed by atoms with Gasteiger partial charge in [-0.05, 0) is 37.5 Å². The number of halogens is 2. The number of nitrogens with one attached hydrogen (secondary N) is 1. The number of amides is 1. The summed E-state index contributed by atoms with van der Waals surface area (Å²) >= 11 is 0. The highest BCUT2D eigenvalue weighted by Gasteiger charge is 2.35. The molecule has 0 aliphatic heterocycles. The Morgan fingerprint density at radius 3 is 2.76 bits per heavy atom. The number of carbonyl (C=O) groups excluding carboxylic acids is 1. The number of hydrogen-bond donors (Lipinski definition) is 1. The molecule has 2 aromatic rings. The van der Waals surface area contributed by atoms with E-state index in [0.717, 1.165) is 23.3 Å². The van der Waals surface area contributed by atoms with Gasteiger partial charge in [-0.25, -0.2) is 8.78 Å². The second-order valence-electron chi connectivity index (χ2n) is 6.28. The van der Waals surface area contributed by atoms with Crippen molar-refractivity contribution in [3.63, 3.8) is 0 Å². The Kier molecular flexibility index (Phi) is 5.13. The molecular weight excluding hydrogens is 324 g/mol. The Labute approximate surface area is 146 Å². The topological polar surface area (TPSA) is 38.3 Å². The maximum absolute atomic E-state index is 13.9. The van der Waals surface area contributed by atoms with Crippen molar-refractivity contribution in [1.29, 1.82) is 0 Å². The van der Waals surface area contributed by atoms with Crippen molar-refractivity contribution >= 4 is 5.91 Å². The van der Waals surface area contributed by atoms with Crippen LogP contribution in [-0.2, 0) is 16.0 Å². The lowest BCUT2D eigenvalue weighted by Crippen LogP contribution is -2.40. The van der Waals surface area contributed by atoms with Gasteiger partial charge in [0.2, 0.25) is 5.91 Å². The van der Waals surface area contributed by atoms with E-state index in [1.165, 1.54) is 6.07 Å². The quantitative estimate of drug-likeness (QED) is 0.893. The van der Waals surface area contributed by atoms with E-state index in [-0.39, 0.29) is 23.6 Å². The van der Waals surface area contributed by atoms with Gasteiger partial charge in [0.15, 0.2) is 0 Å². The molecule has 2 aromatic carbocycles. The van der Waals surface area contributed by atoms with Crippen LogP contribution in [-0.4, -0.2) is 18.6 Å². The van der Waals surface area contributed by atoms with Crippen molar-refractivity contribution in [1.82, 2.24) is 5.32 Å². The minimum absolute atomic E-state index is 0.183. The molecule has 3 nitrogen and oxygen atoms in total. The summed E-state index contributed by atoms with van der Waals surface area (Å²) in [6.45, 7) is 4.06. The number of benzene rings is 2. The third kappa shape index (κ3) is 3.56. The molecule has 0 saturated carbocycles. The first-order chi connectivity index (χ1) is 12.0. The van der Waals surface area contributed by atoms with Crippen molar-refractivity contribution in [3.05, 3.63) is 70.8 Å². The molecule has 0 radical (unpaired) electrons. The first kappa shape index (κ1) is 17.5. The largest absolute Gasteiger partial charge is 0.372 e. The summed E-state index contributed by atoms with van der Waals surface area (Å²) in [4.78, 5) is 12.6. The zero-order valence-corrected chi connectivity index (χ0v) is 14.3. The molecule has 3 rings (SSSR count). The van der Waals surface area contributed by atoms with Gasteiger partial charge in [0, 0.05) is 18.2 Å². The maximum atomic E-state index is 13.9. The van der Waals surface area contributed by atoms with E-state index in [9.17, 15) is 13.6 Å². The van der Waals surface area contributed by atoms with Crippen molar-refractivity contribution in [3.8, 4) is 0 Å². The third-order valence-corrected chi connectivity index (χ3v) is 4.66. The standard InChI is InChI=1S/C20H21F2NO2/c1-3-25-19-16-7-5-4-6-13(16)10-18(19)23-20(24)12(2)15-9-8-14(21)11-17(15)22/h4-9,11-12,18-19H,3,10H2,1-2H3,(H,23,24)/t12?,18-,19-/m1/s1. The lowest BCUT2D eigenvalue weighted by molar-refractivity contribution is -0.124. The van der Waals surface area contributed by atoms with E-state index < -0.39 is 17.6 Å². The highest BCUT2D eigenvalue weighted by atomic mass is 19.1. The highest BCUT2D eigenvalue weighted by Crippen LogP contribution is 2.34. The molecule has 5 heteroatoms. The molecule has 0 spiro atoms. The van der Waals surface area contributed by atoms with Crippen LogP contribution in [0.3, 0.4) is 0 Å². The van der Waals surface area contributed by atoms with Gasteiger partial charge in [-0.1, -0.05) is 30.3 Å². The van der Waals surface area contributed by atoms with Crippen LogP contribution in [0.15, 0.2) is 42.5 Å². The molecule has 1 unspecified atom stereocenters. The number of hydrogen-bond acceptors (Lipinski definition) is 2. The van der Waals surface area contributed by atoms with E-state index >= 15 is 0 Å². The number of carbonyl (C=O) groups is 1. The Morgan fingerprint density at radius 2 is 2.04 bits per heavy atom. The molecule has 0 saturated heterocycles. The van der Waals surface area contributed by atoms with Gasteiger partial charge in [-0.15, -0.1) is 0 Å². The Balaban J connectivity index is 1.76. The average Bonchev–Trinajstić information content (AvgIpc) is 2.92. The summed E-state index contributed by atoms with van der Waals surface area (Å²) < 4.78 is 32.8. The third-order valence-electron chi connectivity index (χ3n) is 4.66. The second-order valence-corrected chi connectivity index (χ2v) is 6.28.